The van der Waals surface area contributed by atoms with Crippen LogP contribution in [-0.2, 0) is 0 Å². The standard InChI is InChI=1S/C9H14N2O4S/c1-14-8-5(7(13)6(12)4-16)3-10-9(11-8)15-2/h3,6-7,12-13,16H,4H2,1-2H3. The fraction of sp³-hybridized carbons (Fsp3) is 0.556. The van der Waals surface area contributed by atoms with E-state index in [4.69, 9.17) is 9.47 Å². The van der Waals surface area contributed by atoms with Gasteiger partial charge < -0.3 is 19.7 Å². The number of aliphatic hydroxyl groups is 2. The summed E-state index contributed by atoms with van der Waals surface area (Å²) in [5.74, 6) is 0.288. The number of hydrogen-bond acceptors (Lipinski definition) is 7. The highest BCUT2D eigenvalue weighted by Crippen LogP contribution is 2.26. The van der Waals surface area contributed by atoms with Gasteiger partial charge in [0.2, 0.25) is 5.88 Å². The lowest BCUT2D eigenvalue weighted by molar-refractivity contribution is 0.0314. The third-order valence-electron chi connectivity index (χ3n) is 2.00. The van der Waals surface area contributed by atoms with Crippen LogP contribution in [0.4, 0.5) is 0 Å². The predicted octanol–water partition coefficient (Wildman–Crippen LogP) is -0.182. The lowest BCUT2D eigenvalue weighted by Gasteiger charge is -2.17. The monoisotopic (exact) mass is 246 g/mol. The Morgan fingerprint density at radius 1 is 1.38 bits per heavy atom. The first kappa shape index (κ1) is 13.0. The van der Waals surface area contributed by atoms with E-state index >= 15 is 0 Å². The highest BCUT2D eigenvalue weighted by molar-refractivity contribution is 7.80. The van der Waals surface area contributed by atoms with Gasteiger partial charge in [-0.05, 0) is 0 Å². The minimum Gasteiger partial charge on any atom is -0.481 e. The molecule has 0 fully saturated rings. The van der Waals surface area contributed by atoms with Crippen LogP contribution in [0.1, 0.15) is 11.7 Å². The SMILES string of the molecule is COc1ncc(C(O)C(O)CS)c(OC)n1. The van der Waals surface area contributed by atoms with Crippen LogP contribution in [0.3, 0.4) is 0 Å². The van der Waals surface area contributed by atoms with E-state index in [1.54, 1.807) is 0 Å². The van der Waals surface area contributed by atoms with Crippen molar-refractivity contribution in [3.8, 4) is 11.9 Å². The van der Waals surface area contributed by atoms with Crippen molar-refractivity contribution in [2.45, 2.75) is 12.2 Å². The number of nitrogens with zero attached hydrogens (tertiary/aromatic N) is 2. The van der Waals surface area contributed by atoms with E-state index in [-0.39, 0.29) is 17.6 Å². The summed E-state index contributed by atoms with van der Waals surface area (Å²) >= 11 is 3.89. The predicted molar refractivity (Wildman–Crippen MR) is 60.0 cm³/mol. The first-order valence-corrected chi connectivity index (χ1v) is 5.19. The molecule has 2 atom stereocenters. The third-order valence-corrected chi connectivity index (χ3v) is 2.38. The van der Waals surface area contributed by atoms with E-state index in [0.29, 0.717) is 5.56 Å². The zero-order valence-electron chi connectivity index (χ0n) is 8.99. The van der Waals surface area contributed by atoms with Crippen LogP contribution in [0.15, 0.2) is 6.20 Å². The van der Waals surface area contributed by atoms with Gasteiger partial charge in [-0.25, -0.2) is 4.98 Å². The lowest BCUT2D eigenvalue weighted by Crippen LogP contribution is -2.21. The van der Waals surface area contributed by atoms with Crippen molar-refractivity contribution in [2.75, 3.05) is 20.0 Å². The maximum absolute atomic E-state index is 9.76. The van der Waals surface area contributed by atoms with Crippen LogP contribution in [-0.4, -0.2) is 46.3 Å². The van der Waals surface area contributed by atoms with Crippen LogP contribution >= 0.6 is 12.6 Å². The van der Waals surface area contributed by atoms with Crippen LogP contribution in [0.5, 0.6) is 11.9 Å². The second-order valence-corrected chi connectivity index (χ2v) is 3.38. The van der Waals surface area contributed by atoms with Gasteiger partial charge in [0, 0.05) is 11.9 Å². The van der Waals surface area contributed by atoms with Gasteiger partial charge in [-0.15, -0.1) is 0 Å². The minimum absolute atomic E-state index is 0.121. The van der Waals surface area contributed by atoms with Crippen LogP contribution in [0, 0.1) is 0 Å². The fourth-order valence-electron chi connectivity index (χ4n) is 1.13. The van der Waals surface area contributed by atoms with Gasteiger partial charge in [0.05, 0.1) is 25.9 Å². The summed E-state index contributed by atoms with van der Waals surface area (Å²) in [7, 11) is 2.83. The number of ether oxygens (including phenoxy) is 2. The lowest BCUT2D eigenvalue weighted by atomic mass is 10.1. The molecular weight excluding hydrogens is 232 g/mol. The van der Waals surface area contributed by atoms with Gasteiger partial charge in [-0.1, -0.05) is 0 Å². The number of hydrogen-bond donors (Lipinski definition) is 3. The normalized spacial score (nSPS) is 14.3. The summed E-state index contributed by atoms with van der Waals surface area (Å²) in [6.07, 6.45) is -0.797. The van der Waals surface area contributed by atoms with Gasteiger partial charge in [0.1, 0.15) is 6.10 Å². The highest BCUT2D eigenvalue weighted by atomic mass is 32.1. The van der Waals surface area contributed by atoms with Gasteiger partial charge >= 0.3 is 6.01 Å². The largest absolute Gasteiger partial charge is 0.481 e. The van der Waals surface area contributed by atoms with E-state index in [1.165, 1.54) is 20.4 Å². The fourth-order valence-corrected chi connectivity index (χ4v) is 1.33. The maximum Gasteiger partial charge on any atom is 0.319 e. The van der Waals surface area contributed by atoms with E-state index in [9.17, 15) is 10.2 Å². The van der Waals surface area contributed by atoms with Gasteiger partial charge in [-0.3, -0.25) is 0 Å². The Labute approximate surface area is 98.7 Å². The van der Waals surface area contributed by atoms with Crippen molar-refractivity contribution in [1.82, 2.24) is 9.97 Å². The second kappa shape index (κ2) is 5.88. The Kier molecular flexibility index (Phi) is 4.78. The summed E-state index contributed by atoms with van der Waals surface area (Å²) in [4.78, 5) is 7.73. The summed E-state index contributed by atoms with van der Waals surface area (Å²) in [5.41, 5.74) is 0.296. The Balaban J connectivity index is 3.03. The van der Waals surface area contributed by atoms with Gasteiger partial charge in [0.15, 0.2) is 0 Å². The summed E-state index contributed by atoms with van der Waals surface area (Å²) in [6, 6.07) is 0.133. The molecular formula is C9H14N2O4S. The topological polar surface area (TPSA) is 84.7 Å². The Hall–Kier alpha value is -1.05. The molecule has 0 saturated carbocycles. The van der Waals surface area contributed by atoms with Crippen molar-refractivity contribution in [2.24, 2.45) is 0 Å². The molecule has 0 spiro atoms. The quantitative estimate of drug-likeness (QED) is 0.625. The highest BCUT2D eigenvalue weighted by Gasteiger charge is 2.22. The maximum atomic E-state index is 9.76. The van der Waals surface area contributed by atoms with Crippen molar-refractivity contribution < 1.29 is 19.7 Å². The van der Waals surface area contributed by atoms with Gasteiger partial charge in [0.25, 0.3) is 0 Å². The zero-order chi connectivity index (χ0) is 12.1. The van der Waals surface area contributed by atoms with E-state index < -0.39 is 12.2 Å². The molecule has 0 aliphatic carbocycles. The second-order valence-electron chi connectivity index (χ2n) is 3.02. The molecule has 1 aromatic heterocycles. The Morgan fingerprint density at radius 3 is 2.56 bits per heavy atom. The molecule has 16 heavy (non-hydrogen) atoms. The molecule has 6 nitrogen and oxygen atoms in total. The molecule has 2 N–H and O–H groups in total. The summed E-state index contributed by atoms with van der Waals surface area (Å²) in [5, 5.41) is 19.2. The van der Waals surface area contributed by atoms with Crippen molar-refractivity contribution in [3.05, 3.63) is 11.8 Å². The molecule has 1 aromatic rings. The molecule has 0 radical (unpaired) electrons. The molecule has 0 aromatic carbocycles. The molecule has 0 aliphatic heterocycles. The summed E-state index contributed by atoms with van der Waals surface area (Å²) in [6.45, 7) is 0. The number of aliphatic hydroxyl groups excluding tert-OH is 2. The van der Waals surface area contributed by atoms with Crippen molar-refractivity contribution >= 4 is 12.6 Å². The van der Waals surface area contributed by atoms with Crippen LogP contribution in [0.2, 0.25) is 0 Å². The molecule has 0 aliphatic rings. The van der Waals surface area contributed by atoms with Crippen LogP contribution < -0.4 is 9.47 Å². The molecule has 1 rings (SSSR count). The number of rotatable bonds is 5. The molecule has 7 heteroatoms. The van der Waals surface area contributed by atoms with E-state index in [0.717, 1.165) is 0 Å². The molecule has 0 saturated heterocycles. The minimum atomic E-state index is -1.14. The first-order chi connectivity index (χ1) is 7.63. The molecule has 0 bridgehead atoms. The van der Waals surface area contributed by atoms with Crippen molar-refractivity contribution in [1.29, 1.82) is 0 Å². The Bertz CT molecular complexity index is 350. The average molecular weight is 246 g/mol. The zero-order valence-corrected chi connectivity index (χ0v) is 9.89. The number of thiol groups is 1. The van der Waals surface area contributed by atoms with Gasteiger partial charge in [-0.2, -0.15) is 17.6 Å². The molecule has 2 unspecified atom stereocenters. The number of aromatic nitrogens is 2. The molecule has 90 valence electrons. The summed E-state index contributed by atoms with van der Waals surface area (Å²) < 4.78 is 9.79. The Morgan fingerprint density at radius 2 is 2.06 bits per heavy atom. The molecule has 1 heterocycles. The van der Waals surface area contributed by atoms with Crippen molar-refractivity contribution in [3.63, 3.8) is 0 Å². The first-order valence-electron chi connectivity index (χ1n) is 4.56. The van der Waals surface area contributed by atoms with E-state index in [1.807, 2.05) is 0 Å². The average Bonchev–Trinajstić information content (AvgIpc) is 2.35. The van der Waals surface area contributed by atoms with E-state index in [2.05, 4.69) is 22.6 Å². The van der Waals surface area contributed by atoms with Crippen LogP contribution in [0.25, 0.3) is 0 Å². The molecule has 0 amide bonds. The third kappa shape index (κ3) is 2.75. The number of methoxy groups -OCH3 is 2. The smallest absolute Gasteiger partial charge is 0.319 e.